The summed E-state index contributed by atoms with van der Waals surface area (Å²) in [5.74, 6) is 0.0890. The minimum Gasteiger partial charge on any atom is -0.355 e. The fourth-order valence-corrected chi connectivity index (χ4v) is 2.08. The number of hydrogen-bond donors (Lipinski definition) is 2. The predicted octanol–water partition coefficient (Wildman–Crippen LogP) is 1.73. The summed E-state index contributed by atoms with van der Waals surface area (Å²) in [6, 6.07) is 8.46. The summed E-state index contributed by atoms with van der Waals surface area (Å²) in [7, 11) is 2.12. The lowest BCUT2D eigenvalue weighted by Gasteiger charge is -2.15. The molecule has 18 heavy (non-hydrogen) atoms. The van der Waals surface area contributed by atoms with Gasteiger partial charge in [-0.2, -0.15) is 0 Å². The summed E-state index contributed by atoms with van der Waals surface area (Å²) in [5.41, 5.74) is 1.03. The normalized spacial score (nSPS) is 14.8. The van der Waals surface area contributed by atoms with E-state index < -0.39 is 0 Å². The van der Waals surface area contributed by atoms with Crippen LogP contribution in [0.4, 0.5) is 0 Å². The first kappa shape index (κ1) is 13.4. The molecule has 1 amide bonds. The Morgan fingerprint density at radius 3 is 2.67 bits per heavy atom. The lowest BCUT2D eigenvalue weighted by atomic mass is 10.1. The smallest absolute Gasteiger partial charge is 0.224 e. The molecular weight excluding hydrogens is 244 g/mol. The third-order valence-electron chi connectivity index (χ3n) is 3.26. The van der Waals surface area contributed by atoms with Crippen LogP contribution in [-0.4, -0.2) is 37.0 Å². The van der Waals surface area contributed by atoms with Gasteiger partial charge in [-0.05, 0) is 37.6 Å². The van der Waals surface area contributed by atoms with Gasteiger partial charge < -0.3 is 10.2 Å². The largest absolute Gasteiger partial charge is 0.355 e. The Kier molecular flexibility index (Phi) is 4.66. The summed E-state index contributed by atoms with van der Waals surface area (Å²) in [5, 5.41) is 2.96. The van der Waals surface area contributed by atoms with Gasteiger partial charge in [0.2, 0.25) is 5.91 Å². The van der Waals surface area contributed by atoms with Crippen molar-refractivity contribution < 1.29 is 4.79 Å². The van der Waals surface area contributed by atoms with Crippen molar-refractivity contribution in [3.63, 3.8) is 0 Å². The van der Waals surface area contributed by atoms with Gasteiger partial charge in [0.25, 0.3) is 0 Å². The van der Waals surface area contributed by atoms with E-state index >= 15 is 0 Å². The molecule has 0 heterocycles. The highest BCUT2D eigenvalue weighted by Gasteiger charge is 2.25. The van der Waals surface area contributed by atoms with Crippen LogP contribution < -0.4 is 5.32 Å². The Balaban J connectivity index is 1.66. The molecule has 0 radical (unpaired) electrons. The van der Waals surface area contributed by atoms with E-state index in [2.05, 4.69) is 29.9 Å². The highest BCUT2D eigenvalue weighted by Crippen LogP contribution is 2.24. The third kappa shape index (κ3) is 4.35. The van der Waals surface area contributed by atoms with E-state index in [0.29, 0.717) is 6.42 Å². The second-order valence-electron chi connectivity index (χ2n) is 4.90. The number of rotatable bonds is 6. The number of carbonyl (C=O) groups is 1. The number of carbonyl (C=O) groups excluding carboxylic acids is 1. The second-order valence-corrected chi connectivity index (χ2v) is 5.42. The molecule has 0 aliphatic heterocycles. The van der Waals surface area contributed by atoms with Crippen molar-refractivity contribution in [1.82, 2.24) is 10.2 Å². The minimum atomic E-state index is 0.0890. The lowest BCUT2D eigenvalue weighted by molar-refractivity contribution is -0.120. The third-order valence-corrected chi connectivity index (χ3v) is 3.56. The van der Waals surface area contributed by atoms with E-state index in [1.165, 1.54) is 12.8 Å². The van der Waals surface area contributed by atoms with Crippen molar-refractivity contribution in [2.24, 2.45) is 0 Å². The topological polar surface area (TPSA) is 32.3 Å². The van der Waals surface area contributed by atoms with Crippen molar-refractivity contribution >= 4 is 18.5 Å². The van der Waals surface area contributed by atoms with Gasteiger partial charge in [0.15, 0.2) is 0 Å². The van der Waals surface area contributed by atoms with Gasteiger partial charge >= 0.3 is 0 Å². The van der Waals surface area contributed by atoms with Gasteiger partial charge in [0.1, 0.15) is 0 Å². The Hall–Kier alpha value is -1.00. The first-order valence-electron chi connectivity index (χ1n) is 6.40. The molecule has 2 rings (SSSR count). The highest BCUT2D eigenvalue weighted by molar-refractivity contribution is 7.80. The molecule has 0 aromatic heterocycles. The van der Waals surface area contributed by atoms with E-state index in [1.807, 2.05) is 24.3 Å². The van der Waals surface area contributed by atoms with E-state index in [9.17, 15) is 4.79 Å². The van der Waals surface area contributed by atoms with Crippen LogP contribution in [0.1, 0.15) is 18.4 Å². The van der Waals surface area contributed by atoms with E-state index in [1.54, 1.807) is 0 Å². The molecule has 0 unspecified atom stereocenters. The molecule has 0 saturated heterocycles. The molecule has 1 saturated carbocycles. The standard InChI is InChI=1S/C14H20N2OS/c1-16(12-4-5-12)9-8-15-14(17)10-11-2-6-13(18)7-3-11/h2-3,6-7,12,18H,4-5,8-10H2,1H3,(H,15,17). The van der Waals surface area contributed by atoms with Crippen LogP contribution in [0, 0.1) is 0 Å². The van der Waals surface area contributed by atoms with Crippen LogP contribution >= 0.6 is 12.6 Å². The van der Waals surface area contributed by atoms with Crippen molar-refractivity contribution in [2.45, 2.75) is 30.2 Å². The quantitative estimate of drug-likeness (QED) is 0.767. The van der Waals surface area contributed by atoms with Gasteiger partial charge in [-0.3, -0.25) is 4.79 Å². The van der Waals surface area contributed by atoms with Crippen molar-refractivity contribution in [3.8, 4) is 0 Å². The van der Waals surface area contributed by atoms with Crippen molar-refractivity contribution in [1.29, 1.82) is 0 Å². The van der Waals surface area contributed by atoms with Crippen LogP contribution in [0.15, 0.2) is 29.2 Å². The van der Waals surface area contributed by atoms with Gasteiger partial charge in [-0.25, -0.2) is 0 Å². The van der Waals surface area contributed by atoms with Gasteiger partial charge in [0, 0.05) is 24.0 Å². The zero-order chi connectivity index (χ0) is 13.0. The summed E-state index contributed by atoms with van der Waals surface area (Å²) in [4.78, 5) is 15.0. The predicted molar refractivity (Wildman–Crippen MR) is 76.1 cm³/mol. The van der Waals surface area contributed by atoms with Gasteiger partial charge in [-0.15, -0.1) is 12.6 Å². The molecule has 1 aliphatic rings. The van der Waals surface area contributed by atoms with Gasteiger partial charge in [0.05, 0.1) is 6.42 Å². The lowest BCUT2D eigenvalue weighted by Crippen LogP contribution is -2.34. The molecule has 1 fully saturated rings. The zero-order valence-electron chi connectivity index (χ0n) is 10.7. The number of amides is 1. The summed E-state index contributed by atoms with van der Waals surface area (Å²) in [6.45, 7) is 1.67. The molecule has 1 N–H and O–H groups in total. The first-order chi connectivity index (χ1) is 8.65. The van der Waals surface area contributed by atoms with Crippen LogP contribution in [0.25, 0.3) is 0 Å². The molecule has 0 bridgehead atoms. The number of thiol groups is 1. The van der Waals surface area contributed by atoms with Crippen LogP contribution in [-0.2, 0) is 11.2 Å². The fraction of sp³-hybridized carbons (Fsp3) is 0.500. The monoisotopic (exact) mass is 264 g/mol. The molecule has 4 heteroatoms. The molecule has 1 aliphatic carbocycles. The first-order valence-corrected chi connectivity index (χ1v) is 6.85. The Morgan fingerprint density at radius 1 is 1.39 bits per heavy atom. The molecule has 0 atom stereocenters. The number of hydrogen-bond acceptors (Lipinski definition) is 3. The average molecular weight is 264 g/mol. The summed E-state index contributed by atoms with van der Waals surface area (Å²) in [6.07, 6.45) is 3.06. The summed E-state index contributed by atoms with van der Waals surface area (Å²) < 4.78 is 0. The SMILES string of the molecule is CN(CCNC(=O)Cc1ccc(S)cc1)C1CC1. The fourth-order valence-electron chi connectivity index (χ4n) is 1.93. The summed E-state index contributed by atoms with van der Waals surface area (Å²) >= 11 is 4.22. The second kappa shape index (κ2) is 6.25. The maximum atomic E-state index is 11.7. The van der Waals surface area contributed by atoms with E-state index in [0.717, 1.165) is 29.6 Å². The zero-order valence-corrected chi connectivity index (χ0v) is 11.6. The Labute approximate surface area is 114 Å². The van der Waals surface area contributed by atoms with Crippen molar-refractivity contribution in [2.75, 3.05) is 20.1 Å². The number of likely N-dealkylation sites (N-methyl/N-ethyl adjacent to an activating group) is 1. The van der Waals surface area contributed by atoms with E-state index in [4.69, 9.17) is 0 Å². The van der Waals surface area contributed by atoms with Crippen molar-refractivity contribution in [3.05, 3.63) is 29.8 Å². The maximum Gasteiger partial charge on any atom is 0.224 e. The minimum absolute atomic E-state index is 0.0890. The average Bonchev–Trinajstić information content (AvgIpc) is 3.16. The maximum absolute atomic E-state index is 11.7. The Bertz CT molecular complexity index is 401. The molecule has 0 spiro atoms. The molecule has 98 valence electrons. The van der Waals surface area contributed by atoms with Gasteiger partial charge in [-0.1, -0.05) is 12.1 Å². The van der Waals surface area contributed by atoms with Crippen LogP contribution in [0.3, 0.4) is 0 Å². The molecule has 3 nitrogen and oxygen atoms in total. The number of nitrogens with one attached hydrogen (secondary N) is 1. The number of benzene rings is 1. The molecular formula is C14H20N2OS. The highest BCUT2D eigenvalue weighted by atomic mass is 32.1. The Morgan fingerprint density at radius 2 is 2.06 bits per heavy atom. The number of nitrogens with zero attached hydrogens (tertiary/aromatic N) is 1. The van der Waals surface area contributed by atoms with Crippen LogP contribution in [0.2, 0.25) is 0 Å². The van der Waals surface area contributed by atoms with Crippen LogP contribution in [0.5, 0.6) is 0 Å². The molecule has 1 aromatic carbocycles. The van der Waals surface area contributed by atoms with E-state index in [-0.39, 0.29) is 5.91 Å². The molecule has 1 aromatic rings.